The second kappa shape index (κ2) is 4.99. The quantitative estimate of drug-likeness (QED) is 0.732. The monoisotopic (exact) mass is 249 g/mol. The van der Waals surface area contributed by atoms with Crippen molar-refractivity contribution in [3.8, 4) is 0 Å². The molecule has 0 radical (unpaired) electrons. The smallest absolute Gasteiger partial charge is 0.325 e. The highest BCUT2D eigenvalue weighted by Crippen LogP contribution is 2.16. The van der Waals surface area contributed by atoms with Crippen molar-refractivity contribution in [2.45, 2.75) is 13.8 Å². The maximum Gasteiger partial charge on any atom is 0.325 e. The van der Waals surface area contributed by atoms with Gasteiger partial charge in [0.1, 0.15) is 12.4 Å². The Morgan fingerprint density at radius 2 is 2.28 bits per heavy atom. The van der Waals surface area contributed by atoms with E-state index in [4.69, 9.17) is 0 Å². The summed E-state index contributed by atoms with van der Waals surface area (Å²) in [5.41, 5.74) is 0.640. The summed E-state index contributed by atoms with van der Waals surface area (Å²) >= 11 is 0. The van der Waals surface area contributed by atoms with Gasteiger partial charge in [-0.3, -0.25) is 9.20 Å². The molecule has 2 rings (SSSR count). The fraction of sp³-hybridized carbons (Fsp3) is 0.455. The fourth-order valence-corrected chi connectivity index (χ4v) is 1.71. The van der Waals surface area contributed by atoms with Crippen molar-refractivity contribution in [2.24, 2.45) is 0 Å². The van der Waals surface area contributed by atoms with Crippen molar-refractivity contribution >= 4 is 17.4 Å². The molecule has 2 aromatic rings. The van der Waals surface area contributed by atoms with E-state index in [0.29, 0.717) is 18.0 Å². The summed E-state index contributed by atoms with van der Waals surface area (Å²) < 4.78 is 6.51. The first-order valence-electron chi connectivity index (χ1n) is 5.65. The highest BCUT2D eigenvalue weighted by Gasteiger charge is 2.16. The van der Waals surface area contributed by atoms with Crippen molar-refractivity contribution in [3.63, 3.8) is 0 Å². The Morgan fingerprint density at radius 3 is 2.94 bits per heavy atom. The normalized spacial score (nSPS) is 10.6. The van der Waals surface area contributed by atoms with Crippen molar-refractivity contribution in [2.75, 3.05) is 25.1 Å². The lowest BCUT2D eigenvalue weighted by Gasteiger charge is -2.20. The molecule has 2 aromatic heterocycles. The Kier molecular flexibility index (Phi) is 3.40. The molecule has 0 amide bonds. The molecule has 0 saturated carbocycles. The van der Waals surface area contributed by atoms with E-state index in [9.17, 15) is 4.79 Å². The molecule has 0 saturated heterocycles. The third-order valence-electron chi connectivity index (χ3n) is 2.71. The number of ether oxygens (including phenoxy) is 1. The van der Waals surface area contributed by atoms with Gasteiger partial charge >= 0.3 is 5.97 Å². The van der Waals surface area contributed by atoms with Gasteiger partial charge in [-0.25, -0.2) is 4.98 Å². The molecule has 2 heterocycles. The Hall–Kier alpha value is -2.18. The number of methoxy groups -OCH3 is 1. The zero-order chi connectivity index (χ0) is 13.1. The molecule has 0 spiro atoms. The maximum absolute atomic E-state index is 11.4. The van der Waals surface area contributed by atoms with Crippen molar-refractivity contribution in [3.05, 3.63) is 18.2 Å². The van der Waals surface area contributed by atoms with E-state index >= 15 is 0 Å². The minimum absolute atomic E-state index is 0.144. The van der Waals surface area contributed by atoms with Crippen LogP contribution in [0.3, 0.4) is 0 Å². The lowest BCUT2D eigenvalue weighted by Crippen LogP contribution is -2.31. The van der Waals surface area contributed by atoms with Crippen LogP contribution in [0.5, 0.6) is 0 Å². The maximum atomic E-state index is 11.4. The predicted molar refractivity (Wildman–Crippen MR) is 65.4 cm³/mol. The van der Waals surface area contributed by atoms with Crippen molar-refractivity contribution < 1.29 is 9.53 Å². The average Bonchev–Trinajstić information content (AvgIpc) is 2.78. The first-order chi connectivity index (χ1) is 8.67. The van der Waals surface area contributed by atoms with Gasteiger partial charge in [-0.15, -0.1) is 10.2 Å². The van der Waals surface area contributed by atoms with Crippen LogP contribution in [0.1, 0.15) is 12.7 Å². The summed E-state index contributed by atoms with van der Waals surface area (Å²) in [6, 6.07) is 0. The zero-order valence-corrected chi connectivity index (χ0v) is 10.6. The van der Waals surface area contributed by atoms with E-state index in [1.54, 1.807) is 17.3 Å². The number of carbonyl (C=O) groups excluding carboxylic acids is 1. The topological polar surface area (TPSA) is 72.6 Å². The van der Waals surface area contributed by atoms with Gasteiger partial charge in [-0.05, 0) is 13.8 Å². The number of fused-ring (bicyclic) bond motifs is 1. The van der Waals surface area contributed by atoms with Crippen molar-refractivity contribution in [1.29, 1.82) is 0 Å². The second-order valence-corrected chi connectivity index (χ2v) is 3.78. The number of esters is 1. The van der Waals surface area contributed by atoms with Gasteiger partial charge in [0.05, 0.1) is 7.11 Å². The average molecular weight is 249 g/mol. The van der Waals surface area contributed by atoms with Gasteiger partial charge in [-0.2, -0.15) is 0 Å². The molecular formula is C11H15N5O2. The van der Waals surface area contributed by atoms with Crippen LogP contribution in [0.15, 0.2) is 12.4 Å². The third-order valence-corrected chi connectivity index (χ3v) is 2.71. The van der Waals surface area contributed by atoms with Crippen molar-refractivity contribution in [1.82, 2.24) is 19.6 Å². The van der Waals surface area contributed by atoms with Crippen LogP contribution in [0.4, 0.5) is 5.82 Å². The highest BCUT2D eigenvalue weighted by atomic mass is 16.5. The number of nitrogens with zero attached hydrogens (tertiary/aromatic N) is 5. The number of likely N-dealkylation sites (N-methyl/N-ethyl adjacent to an activating group) is 1. The predicted octanol–water partition coefficient (Wildman–Crippen LogP) is 0.432. The first kappa shape index (κ1) is 12.3. The second-order valence-electron chi connectivity index (χ2n) is 3.78. The van der Waals surface area contributed by atoms with Gasteiger partial charge < -0.3 is 9.64 Å². The largest absolute Gasteiger partial charge is 0.468 e. The molecule has 0 atom stereocenters. The van der Waals surface area contributed by atoms with Crippen LogP contribution in [-0.2, 0) is 9.53 Å². The Morgan fingerprint density at radius 1 is 1.50 bits per heavy atom. The number of aryl methyl sites for hydroxylation is 1. The Bertz CT molecular complexity index is 566. The molecule has 0 aliphatic rings. The third kappa shape index (κ3) is 2.11. The van der Waals surface area contributed by atoms with Crippen LogP contribution < -0.4 is 4.90 Å². The van der Waals surface area contributed by atoms with E-state index in [0.717, 1.165) is 5.82 Å². The summed E-state index contributed by atoms with van der Waals surface area (Å²) in [4.78, 5) is 17.4. The van der Waals surface area contributed by atoms with E-state index in [1.807, 2.05) is 18.2 Å². The SMILES string of the molecule is CCN(CC(=O)OC)c1nccn2c(C)nnc12. The van der Waals surface area contributed by atoms with Crippen LogP contribution in [-0.4, -0.2) is 45.8 Å². The number of rotatable bonds is 4. The number of carbonyl (C=O) groups is 1. The van der Waals surface area contributed by atoms with E-state index in [2.05, 4.69) is 19.9 Å². The van der Waals surface area contributed by atoms with Crippen LogP contribution in [0.25, 0.3) is 5.65 Å². The molecule has 0 aliphatic carbocycles. The van der Waals surface area contributed by atoms with Gasteiger partial charge in [0.15, 0.2) is 5.82 Å². The van der Waals surface area contributed by atoms with Gasteiger partial charge in [0.2, 0.25) is 5.65 Å². The lowest BCUT2D eigenvalue weighted by atomic mass is 10.4. The van der Waals surface area contributed by atoms with Crippen LogP contribution >= 0.6 is 0 Å². The molecule has 0 aromatic carbocycles. The molecule has 0 N–H and O–H groups in total. The summed E-state index contributed by atoms with van der Waals surface area (Å²) in [6.07, 6.45) is 3.46. The van der Waals surface area contributed by atoms with E-state index < -0.39 is 0 Å². The molecule has 0 bridgehead atoms. The minimum atomic E-state index is -0.308. The number of hydrogen-bond acceptors (Lipinski definition) is 6. The summed E-state index contributed by atoms with van der Waals surface area (Å²) in [6.45, 7) is 4.58. The molecular weight excluding hydrogens is 234 g/mol. The summed E-state index contributed by atoms with van der Waals surface area (Å²) in [5, 5.41) is 8.08. The number of hydrogen-bond donors (Lipinski definition) is 0. The molecule has 7 heteroatoms. The number of aromatic nitrogens is 4. The zero-order valence-electron chi connectivity index (χ0n) is 10.6. The first-order valence-corrected chi connectivity index (χ1v) is 5.65. The highest BCUT2D eigenvalue weighted by molar-refractivity contribution is 5.77. The molecule has 0 fully saturated rings. The van der Waals surface area contributed by atoms with Gasteiger partial charge in [0, 0.05) is 18.9 Å². The van der Waals surface area contributed by atoms with Crippen LogP contribution in [0.2, 0.25) is 0 Å². The molecule has 18 heavy (non-hydrogen) atoms. The fourth-order valence-electron chi connectivity index (χ4n) is 1.71. The Balaban J connectivity index is 2.41. The number of anilines is 1. The Labute approximate surface area is 104 Å². The molecule has 7 nitrogen and oxygen atoms in total. The van der Waals surface area contributed by atoms with Gasteiger partial charge in [0.25, 0.3) is 0 Å². The molecule has 0 aliphatic heterocycles. The summed E-state index contributed by atoms with van der Waals surface area (Å²) in [7, 11) is 1.37. The van der Waals surface area contributed by atoms with E-state index in [1.165, 1.54) is 7.11 Å². The summed E-state index contributed by atoms with van der Waals surface area (Å²) in [5.74, 6) is 1.10. The lowest BCUT2D eigenvalue weighted by molar-refractivity contribution is -0.138. The van der Waals surface area contributed by atoms with E-state index in [-0.39, 0.29) is 12.5 Å². The molecule has 0 unspecified atom stereocenters. The van der Waals surface area contributed by atoms with Crippen LogP contribution in [0, 0.1) is 6.92 Å². The standard InChI is InChI=1S/C11H15N5O2/c1-4-15(7-9(17)18-3)10-11-14-13-8(2)16(11)6-5-12-10/h5-6H,4,7H2,1-3H3. The minimum Gasteiger partial charge on any atom is -0.468 e. The van der Waals surface area contributed by atoms with Gasteiger partial charge in [-0.1, -0.05) is 0 Å². The molecule has 96 valence electrons.